The lowest BCUT2D eigenvalue weighted by Gasteiger charge is -2.01. The summed E-state index contributed by atoms with van der Waals surface area (Å²) in [5.74, 6) is 0. The summed E-state index contributed by atoms with van der Waals surface area (Å²) in [6, 6.07) is 0. The summed E-state index contributed by atoms with van der Waals surface area (Å²) >= 11 is 0. The van der Waals surface area contributed by atoms with Crippen LogP contribution in [0.15, 0.2) is 0 Å². The first-order valence-electron chi connectivity index (χ1n) is 3.56. The summed E-state index contributed by atoms with van der Waals surface area (Å²) in [7, 11) is 1.56. The van der Waals surface area contributed by atoms with Crippen molar-refractivity contribution in [2.24, 2.45) is 0 Å². The topological polar surface area (TPSA) is 20.3 Å². The second-order valence-corrected chi connectivity index (χ2v) is 4.24. The predicted octanol–water partition coefficient (Wildman–Crippen LogP) is 0.707. The molecule has 0 atom stereocenters. The minimum atomic E-state index is -0.611. The first-order valence-corrected chi connectivity index (χ1v) is 5.53. The fraction of sp³-hybridized carbons (Fsp3) is 1.00. The zero-order valence-corrected chi connectivity index (χ0v) is 7.91. The molecular formula is C7H17NOS. The Kier molecular flexibility index (Phi) is 5.93. The number of likely N-dealkylation sites (tertiary alicyclic amines) is 1. The zero-order chi connectivity index (χ0) is 7.98. The van der Waals surface area contributed by atoms with Gasteiger partial charge in [0.25, 0.3) is 0 Å². The maximum atomic E-state index is 9.56. The third-order valence-electron chi connectivity index (χ3n) is 1.33. The van der Waals surface area contributed by atoms with Crippen LogP contribution in [0, 0.1) is 0 Å². The van der Waals surface area contributed by atoms with E-state index < -0.39 is 10.8 Å². The quantitative estimate of drug-likeness (QED) is 0.524. The van der Waals surface area contributed by atoms with Gasteiger partial charge in [-0.3, -0.25) is 4.21 Å². The molecule has 1 saturated heterocycles. The molecule has 1 rings (SSSR count). The van der Waals surface area contributed by atoms with Gasteiger partial charge in [0, 0.05) is 23.3 Å². The van der Waals surface area contributed by atoms with E-state index in [0.29, 0.717) is 0 Å². The molecule has 0 radical (unpaired) electrons. The molecule has 2 nitrogen and oxygen atoms in total. The first kappa shape index (κ1) is 10.1. The molecule has 1 heterocycles. The first-order chi connectivity index (χ1) is 4.63. The van der Waals surface area contributed by atoms with Crippen molar-refractivity contribution >= 4 is 10.8 Å². The number of nitrogens with zero attached hydrogens (tertiary/aromatic N) is 1. The maximum Gasteiger partial charge on any atom is 0.0148 e. The van der Waals surface area contributed by atoms with Gasteiger partial charge in [0.15, 0.2) is 0 Å². The number of hydrogen-bond donors (Lipinski definition) is 0. The van der Waals surface area contributed by atoms with Crippen molar-refractivity contribution in [3.8, 4) is 0 Å². The number of rotatable bonds is 0. The Morgan fingerprint density at radius 1 is 1.20 bits per heavy atom. The highest BCUT2D eigenvalue weighted by Gasteiger charge is 2.03. The largest absolute Gasteiger partial charge is 0.306 e. The summed E-state index contributed by atoms with van der Waals surface area (Å²) in [6.07, 6.45) is 6.10. The lowest BCUT2D eigenvalue weighted by Crippen LogP contribution is -2.10. The van der Waals surface area contributed by atoms with E-state index in [1.165, 1.54) is 25.9 Å². The van der Waals surface area contributed by atoms with Crippen molar-refractivity contribution in [1.82, 2.24) is 4.90 Å². The van der Waals surface area contributed by atoms with E-state index in [4.69, 9.17) is 0 Å². The summed E-state index contributed by atoms with van der Waals surface area (Å²) in [4.78, 5) is 2.36. The molecule has 0 unspecified atom stereocenters. The smallest absolute Gasteiger partial charge is 0.0148 e. The van der Waals surface area contributed by atoms with Gasteiger partial charge in [-0.1, -0.05) is 0 Å². The summed E-state index contributed by atoms with van der Waals surface area (Å²) in [5, 5.41) is 0. The minimum absolute atomic E-state index is 0.611. The predicted molar refractivity (Wildman–Crippen MR) is 46.7 cm³/mol. The highest BCUT2D eigenvalue weighted by molar-refractivity contribution is 7.83. The Morgan fingerprint density at radius 2 is 1.50 bits per heavy atom. The van der Waals surface area contributed by atoms with E-state index in [-0.39, 0.29) is 0 Å². The van der Waals surface area contributed by atoms with Crippen molar-refractivity contribution in [2.45, 2.75) is 12.8 Å². The standard InChI is InChI=1S/C5H11N.C2H6OS/c1-6-4-2-3-5-6;1-4(2)3/h2-5H2,1H3;1-2H3. The van der Waals surface area contributed by atoms with Crippen LogP contribution in [0.3, 0.4) is 0 Å². The van der Waals surface area contributed by atoms with Crippen molar-refractivity contribution < 1.29 is 4.21 Å². The summed E-state index contributed by atoms with van der Waals surface area (Å²) < 4.78 is 9.56. The second-order valence-electron chi connectivity index (χ2n) is 2.75. The van der Waals surface area contributed by atoms with Crippen LogP contribution < -0.4 is 0 Å². The lowest BCUT2D eigenvalue weighted by atomic mass is 10.4. The molecule has 0 aromatic carbocycles. The SMILES string of the molecule is CN1CCCC1.CS(C)=O. The average molecular weight is 163 g/mol. The summed E-state index contributed by atoms with van der Waals surface area (Å²) in [5.41, 5.74) is 0. The van der Waals surface area contributed by atoms with E-state index >= 15 is 0 Å². The van der Waals surface area contributed by atoms with Crippen LogP contribution >= 0.6 is 0 Å². The van der Waals surface area contributed by atoms with Gasteiger partial charge in [-0.2, -0.15) is 0 Å². The van der Waals surface area contributed by atoms with Crippen molar-refractivity contribution in [3.05, 3.63) is 0 Å². The van der Waals surface area contributed by atoms with E-state index in [1.807, 2.05) is 0 Å². The summed E-state index contributed by atoms with van der Waals surface area (Å²) in [6.45, 7) is 2.64. The Bertz CT molecular complexity index is 95.8. The Labute approximate surface area is 66.1 Å². The molecule has 0 amide bonds. The van der Waals surface area contributed by atoms with Crippen molar-refractivity contribution in [1.29, 1.82) is 0 Å². The van der Waals surface area contributed by atoms with E-state index in [2.05, 4.69) is 11.9 Å². The molecule has 0 aromatic rings. The third kappa shape index (κ3) is 8.11. The third-order valence-corrected chi connectivity index (χ3v) is 1.33. The molecule has 1 aliphatic heterocycles. The van der Waals surface area contributed by atoms with Crippen LogP contribution in [0.25, 0.3) is 0 Å². The normalized spacial score (nSPS) is 18.8. The van der Waals surface area contributed by atoms with Crippen LogP contribution in [-0.4, -0.2) is 41.8 Å². The lowest BCUT2D eigenvalue weighted by molar-refractivity contribution is 0.418. The molecule has 1 aliphatic rings. The fourth-order valence-corrected chi connectivity index (χ4v) is 0.875. The van der Waals surface area contributed by atoms with Gasteiger partial charge >= 0.3 is 0 Å². The fourth-order valence-electron chi connectivity index (χ4n) is 0.875. The molecule has 0 aromatic heterocycles. The Balaban J connectivity index is 0.000000180. The minimum Gasteiger partial charge on any atom is -0.306 e. The van der Waals surface area contributed by atoms with Gasteiger partial charge in [-0.25, -0.2) is 0 Å². The highest BCUT2D eigenvalue weighted by atomic mass is 32.2. The monoisotopic (exact) mass is 163 g/mol. The van der Waals surface area contributed by atoms with Gasteiger partial charge < -0.3 is 4.90 Å². The Hall–Kier alpha value is 0.110. The van der Waals surface area contributed by atoms with E-state index in [9.17, 15) is 4.21 Å². The van der Waals surface area contributed by atoms with Crippen LogP contribution in [0.4, 0.5) is 0 Å². The van der Waals surface area contributed by atoms with Crippen molar-refractivity contribution in [3.63, 3.8) is 0 Å². The molecule has 10 heavy (non-hydrogen) atoms. The zero-order valence-electron chi connectivity index (χ0n) is 7.09. The molecular weight excluding hydrogens is 146 g/mol. The molecule has 3 heteroatoms. The van der Waals surface area contributed by atoms with Crippen LogP contribution in [0.1, 0.15) is 12.8 Å². The van der Waals surface area contributed by atoms with Gasteiger partial charge in [0.1, 0.15) is 0 Å². The second kappa shape index (κ2) is 5.86. The van der Waals surface area contributed by atoms with Crippen molar-refractivity contribution in [2.75, 3.05) is 32.6 Å². The highest BCUT2D eigenvalue weighted by Crippen LogP contribution is 2.01. The van der Waals surface area contributed by atoms with Gasteiger partial charge in [-0.05, 0) is 33.0 Å². The molecule has 1 fully saturated rings. The van der Waals surface area contributed by atoms with Crippen LogP contribution in [0.5, 0.6) is 0 Å². The molecule has 0 saturated carbocycles. The molecule has 0 N–H and O–H groups in total. The molecule has 0 spiro atoms. The van der Waals surface area contributed by atoms with Crippen LogP contribution in [0.2, 0.25) is 0 Å². The Morgan fingerprint density at radius 3 is 1.60 bits per heavy atom. The van der Waals surface area contributed by atoms with Gasteiger partial charge in [-0.15, -0.1) is 0 Å². The number of hydrogen-bond acceptors (Lipinski definition) is 2. The molecule has 62 valence electrons. The van der Waals surface area contributed by atoms with E-state index in [0.717, 1.165) is 0 Å². The average Bonchev–Trinajstić information content (AvgIpc) is 2.15. The molecule has 0 aliphatic carbocycles. The van der Waals surface area contributed by atoms with Crippen LogP contribution in [-0.2, 0) is 10.8 Å². The maximum absolute atomic E-state index is 9.56. The molecule has 0 bridgehead atoms. The van der Waals surface area contributed by atoms with E-state index in [1.54, 1.807) is 12.5 Å². The van der Waals surface area contributed by atoms with Gasteiger partial charge in [0.2, 0.25) is 0 Å². The van der Waals surface area contributed by atoms with Gasteiger partial charge in [0.05, 0.1) is 0 Å².